The summed E-state index contributed by atoms with van der Waals surface area (Å²) in [6, 6.07) is 8.33. The van der Waals surface area contributed by atoms with Gasteiger partial charge in [0, 0.05) is 6.04 Å². The molecule has 1 rings (SSSR count). The zero-order chi connectivity index (χ0) is 11.1. The van der Waals surface area contributed by atoms with E-state index in [1.54, 1.807) is 6.08 Å². The maximum absolute atomic E-state index is 5.88. The number of nitrogens with two attached hydrogens (primary N) is 1. The van der Waals surface area contributed by atoms with E-state index in [4.69, 9.17) is 10.5 Å². The average molecular weight is 205 g/mol. The fourth-order valence-corrected chi connectivity index (χ4v) is 1.32. The Morgan fingerprint density at radius 1 is 1.40 bits per heavy atom. The molecule has 0 saturated carbocycles. The van der Waals surface area contributed by atoms with Crippen molar-refractivity contribution < 1.29 is 4.74 Å². The van der Waals surface area contributed by atoms with Gasteiger partial charge in [-0.15, -0.1) is 0 Å². The zero-order valence-electron chi connectivity index (χ0n) is 9.28. The van der Waals surface area contributed by atoms with Crippen LogP contribution in [0.25, 0.3) is 0 Å². The molecule has 0 aromatic heterocycles. The van der Waals surface area contributed by atoms with Gasteiger partial charge in [0.05, 0.1) is 0 Å². The Balaban J connectivity index is 2.52. The Morgan fingerprint density at radius 2 is 2.07 bits per heavy atom. The maximum atomic E-state index is 5.88. The van der Waals surface area contributed by atoms with Crippen molar-refractivity contribution in [3.8, 4) is 5.75 Å². The molecule has 0 aliphatic rings. The summed E-state index contributed by atoms with van der Waals surface area (Å²) in [6.45, 7) is 6.26. The first-order valence-electron chi connectivity index (χ1n) is 5.34. The largest absolute Gasteiger partial charge is 0.490 e. The fourth-order valence-electron chi connectivity index (χ4n) is 1.32. The van der Waals surface area contributed by atoms with Crippen molar-refractivity contribution in [3.63, 3.8) is 0 Å². The van der Waals surface area contributed by atoms with Crippen molar-refractivity contribution in [1.82, 2.24) is 0 Å². The lowest BCUT2D eigenvalue weighted by Crippen LogP contribution is -2.21. The molecule has 0 heterocycles. The third-order valence-corrected chi connectivity index (χ3v) is 2.31. The minimum Gasteiger partial charge on any atom is -0.490 e. The molecule has 82 valence electrons. The van der Waals surface area contributed by atoms with Gasteiger partial charge in [0.2, 0.25) is 0 Å². The van der Waals surface area contributed by atoms with Gasteiger partial charge >= 0.3 is 0 Å². The molecule has 15 heavy (non-hydrogen) atoms. The van der Waals surface area contributed by atoms with Gasteiger partial charge in [0.25, 0.3) is 0 Å². The third kappa shape index (κ3) is 4.17. The van der Waals surface area contributed by atoms with E-state index >= 15 is 0 Å². The van der Waals surface area contributed by atoms with E-state index in [2.05, 4.69) is 25.6 Å². The topological polar surface area (TPSA) is 35.2 Å². The van der Waals surface area contributed by atoms with E-state index in [9.17, 15) is 0 Å². The highest BCUT2D eigenvalue weighted by molar-refractivity contribution is 5.27. The molecule has 2 N–H and O–H groups in total. The zero-order valence-corrected chi connectivity index (χ0v) is 9.28. The van der Waals surface area contributed by atoms with Crippen LogP contribution in [-0.2, 0) is 6.42 Å². The number of benzene rings is 1. The van der Waals surface area contributed by atoms with Crippen LogP contribution < -0.4 is 10.5 Å². The van der Waals surface area contributed by atoms with Gasteiger partial charge in [-0.1, -0.05) is 31.7 Å². The Bertz CT molecular complexity index is 292. The van der Waals surface area contributed by atoms with Crippen LogP contribution >= 0.6 is 0 Å². The van der Waals surface area contributed by atoms with Crippen LogP contribution in [0.15, 0.2) is 36.9 Å². The highest BCUT2D eigenvalue weighted by Gasteiger charge is 2.01. The Hall–Kier alpha value is -1.28. The third-order valence-electron chi connectivity index (χ3n) is 2.31. The monoisotopic (exact) mass is 205 g/mol. The van der Waals surface area contributed by atoms with Crippen molar-refractivity contribution in [3.05, 3.63) is 42.5 Å². The van der Waals surface area contributed by atoms with Crippen LogP contribution in [0.3, 0.4) is 0 Å². The van der Waals surface area contributed by atoms with Crippen LogP contribution in [0.4, 0.5) is 0 Å². The molecule has 1 atom stereocenters. The summed E-state index contributed by atoms with van der Waals surface area (Å²) >= 11 is 0. The molecular formula is C13H19NO. The van der Waals surface area contributed by atoms with Gasteiger partial charge in [-0.3, -0.25) is 0 Å². The summed E-state index contributed by atoms with van der Waals surface area (Å²) in [5, 5.41) is 0. The highest BCUT2D eigenvalue weighted by Crippen LogP contribution is 2.13. The molecule has 0 aliphatic carbocycles. The van der Waals surface area contributed by atoms with Crippen LogP contribution in [0.1, 0.15) is 18.9 Å². The highest BCUT2D eigenvalue weighted by atomic mass is 16.5. The predicted octanol–water partition coefficient (Wildman–Crippen LogP) is 2.53. The average Bonchev–Trinajstić information content (AvgIpc) is 2.28. The van der Waals surface area contributed by atoms with Gasteiger partial charge in [-0.25, -0.2) is 0 Å². The van der Waals surface area contributed by atoms with Gasteiger partial charge in [-0.2, -0.15) is 0 Å². The lowest BCUT2D eigenvalue weighted by atomic mass is 10.0. The first kappa shape index (κ1) is 11.8. The number of hydrogen-bond donors (Lipinski definition) is 1. The van der Waals surface area contributed by atoms with Crippen LogP contribution in [0, 0.1) is 0 Å². The first-order valence-corrected chi connectivity index (χ1v) is 5.34. The predicted molar refractivity (Wildman–Crippen MR) is 64.1 cm³/mol. The lowest BCUT2D eigenvalue weighted by molar-refractivity contribution is 0.363. The molecule has 0 fully saturated rings. The molecule has 0 bridgehead atoms. The summed E-state index contributed by atoms with van der Waals surface area (Å²) in [6.07, 6.45) is 3.67. The summed E-state index contributed by atoms with van der Waals surface area (Å²) in [7, 11) is 0. The van der Waals surface area contributed by atoms with E-state index in [0.29, 0.717) is 6.61 Å². The number of rotatable bonds is 6. The van der Waals surface area contributed by atoms with E-state index in [1.807, 2.05) is 12.1 Å². The Kier molecular flexibility index (Phi) is 4.91. The minimum absolute atomic E-state index is 0.255. The molecule has 0 saturated heterocycles. The minimum atomic E-state index is 0.255. The molecule has 0 radical (unpaired) electrons. The molecule has 0 spiro atoms. The van der Waals surface area contributed by atoms with Crippen LogP contribution in [0.2, 0.25) is 0 Å². The van der Waals surface area contributed by atoms with E-state index in [-0.39, 0.29) is 6.04 Å². The molecule has 1 aromatic carbocycles. The lowest BCUT2D eigenvalue weighted by Gasteiger charge is -2.09. The fraction of sp³-hybridized carbons (Fsp3) is 0.385. The van der Waals surface area contributed by atoms with Gasteiger partial charge in [0.1, 0.15) is 12.4 Å². The molecule has 1 aromatic rings. The molecule has 2 heteroatoms. The summed E-state index contributed by atoms with van der Waals surface area (Å²) < 4.78 is 5.39. The standard InChI is InChI=1S/C13H19NO/c1-3-9-15-13-7-5-11(6-8-13)10-12(14)4-2/h3,5-8,12H,1,4,9-10,14H2,2H3. The van der Waals surface area contributed by atoms with E-state index in [0.717, 1.165) is 18.6 Å². The van der Waals surface area contributed by atoms with Gasteiger partial charge in [-0.05, 0) is 30.5 Å². The Morgan fingerprint density at radius 3 is 2.60 bits per heavy atom. The van der Waals surface area contributed by atoms with Crippen molar-refractivity contribution in [2.24, 2.45) is 5.73 Å². The Labute approximate surface area is 91.7 Å². The normalized spacial score (nSPS) is 12.1. The summed E-state index contributed by atoms with van der Waals surface area (Å²) in [5.74, 6) is 0.878. The van der Waals surface area contributed by atoms with Crippen LogP contribution in [-0.4, -0.2) is 12.6 Å². The van der Waals surface area contributed by atoms with E-state index in [1.165, 1.54) is 5.56 Å². The van der Waals surface area contributed by atoms with Crippen LogP contribution in [0.5, 0.6) is 5.75 Å². The number of hydrogen-bond acceptors (Lipinski definition) is 2. The number of ether oxygens (including phenoxy) is 1. The van der Waals surface area contributed by atoms with Crippen molar-refractivity contribution in [2.45, 2.75) is 25.8 Å². The molecule has 0 aliphatic heterocycles. The molecular weight excluding hydrogens is 186 g/mol. The SMILES string of the molecule is C=CCOc1ccc(CC(N)CC)cc1. The van der Waals surface area contributed by atoms with E-state index < -0.39 is 0 Å². The second kappa shape index (κ2) is 6.25. The van der Waals surface area contributed by atoms with Crippen molar-refractivity contribution in [1.29, 1.82) is 0 Å². The smallest absolute Gasteiger partial charge is 0.119 e. The molecule has 0 amide bonds. The van der Waals surface area contributed by atoms with Gasteiger partial charge in [0.15, 0.2) is 0 Å². The second-order valence-corrected chi connectivity index (χ2v) is 3.62. The summed E-state index contributed by atoms with van der Waals surface area (Å²) in [4.78, 5) is 0. The maximum Gasteiger partial charge on any atom is 0.119 e. The second-order valence-electron chi connectivity index (χ2n) is 3.62. The molecule has 2 nitrogen and oxygen atoms in total. The van der Waals surface area contributed by atoms with Gasteiger partial charge < -0.3 is 10.5 Å². The summed E-state index contributed by atoms with van der Waals surface area (Å²) in [5.41, 5.74) is 7.14. The van der Waals surface area contributed by atoms with Crippen molar-refractivity contribution >= 4 is 0 Å². The quantitative estimate of drug-likeness (QED) is 0.724. The first-order chi connectivity index (χ1) is 7.26. The molecule has 1 unspecified atom stereocenters. The van der Waals surface area contributed by atoms with Crippen molar-refractivity contribution in [2.75, 3.05) is 6.61 Å².